The van der Waals surface area contributed by atoms with Crippen molar-refractivity contribution in [1.29, 1.82) is 0 Å². The molecular weight excluding hydrogens is 476 g/mol. The van der Waals surface area contributed by atoms with Gasteiger partial charge in [-0.05, 0) is 54.8 Å². The first-order chi connectivity index (χ1) is 16.3. The van der Waals surface area contributed by atoms with Crippen molar-refractivity contribution in [2.24, 2.45) is 0 Å². The van der Waals surface area contributed by atoms with Gasteiger partial charge in [0.05, 0.1) is 37.6 Å². The van der Waals surface area contributed by atoms with E-state index in [9.17, 15) is 13.2 Å². The van der Waals surface area contributed by atoms with Crippen molar-refractivity contribution in [2.75, 3.05) is 43.8 Å². The van der Waals surface area contributed by atoms with Crippen LogP contribution in [0.15, 0.2) is 76.5 Å². The first-order valence-corrected chi connectivity index (χ1v) is 12.8. The van der Waals surface area contributed by atoms with Crippen molar-refractivity contribution < 1.29 is 27.4 Å². The third-order valence-corrected chi connectivity index (χ3v) is 7.49. The number of para-hydroxylation sites is 2. The molecule has 1 N–H and O–H groups in total. The maximum absolute atomic E-state index is 13.7. The molecule has 10 heteroatoms. The SMILES string of the molecule is COc1ccc(OC)c(NC(=O)CN(c2ccccc2OC)S(=O)(=O)c2ccc(SC)cc2)c1. The van der Waals surface area contributed by atoms with Crippen molar-refractivity contribution in [3.8, 4) is 17.2 Å². The largest absolute Gasteiger partial charge is 0.497 e. The number of rotatable bonds is 10. The molecule has 3 rings (SSSR count). The summed E-state index contributed by atoms with van der Waals surface area (Å²) in [6.45, 7) is -0.493. The van der Waals surface area contributed by atoms with Gasteiger partial charge in [0.25, 0.3) is 10.0 Å². The lowest BCUT2D eigenvalue weighted by atomic mass is 10.2. The van der Waals surface area contributed by atoms with Crippen LogP contribution in [0.25, 0.3) is 0 Å². The first-order valence-electron chi connectivity index (χ1n) is 10.2. The monoisotopic (exact) mass is 502 g/mol. The molecule has 0 spiro atoms. The van der Waals surface area contributed by atoms with Crippen LogP contribution in [0, 0.1) is 0 Å². The zero-order chi connectivity index (χ0) is 24.7. The van der Waals surface area contributed by atoms with E-state index in [1.165, 1.54) is 45.2 Å². The van der Waals surface area contributed by atoms with Gasteiger partial charge < -0.3 is 19.5 Å². The number of nitrogens with zero attached hydrogens (tertiary/aromatic N) is 1. The summed E-state index contributed by atoms with van der Waals surface area (Å²) in [5, 5.41) is 2.72. The van der Waals surface area contributed by atoms with Crippen LogP contribution >= 0.6 is 11.8 Å². The molecule has 0 aromatic heterocycles. The molecule has 0 bridgehead atoms. The van der Waals surface area contributed by atoms with E-state index in [1.54, 1.807) is 54.6 Å². The number of thioether (sulfide) groups is 1. The lowest BCUT2D eigenvalue weighted by molar-refractivity contribution is -0.114. The normalized spacial score (nSPS) is 10.9. The predicted molar refractivity (Wildman–Crippen MR) is 134 cm³/mol. The number of carbonyl (C=O) groups excluding carboxylic acids is 1. The topological polar surface area (TPSA) is 94.2 Å². The number of benzene rings is 3. The van der Waals surface area contributed by atoms with Gasteiger partial charge in [0.2, 0.25) is 5.91 Å². The Morgan fingerprint density at radius 3 is 2.21 bits per heavy atom. The van der Waals surface area contributed by atoms with E-state index in [0.29, 0.717) is 22.9 Å². The van der Waals surface area contributed by atoms with Crippen molar-refractivity contribution in [3.63, 3.8) is 0 Å². The standard InChI is InChI=1S/C24H26N2O6S2/c1-30-17-9-14-22(31-2)20(15-17)25-24(27)16-26(21-7-5-6-8-23(21)32-3)34(28,29)19-12-10-18(33-4)11-13-19/h5-15H,16H2,1-4H3,(H,25,27). The van der Waals surface area contributed by atoms with Crippen LogP contribution in [0.5, 0.6) is 17.2 Å². The fourth-order valence-corrected chi connectivity index (χ4v) is 5.08. The molecule has 8 nitrogen and oxygen atoms in total. The Balaban J connectivity index is 2.00. The molecule has 34 heavy (non-hydrogen) atoms. The van der Waals surface area contributed by atoms with E-state index in [1.807, 2.05) is 6.26 Å². The Kier molecular flexibility index (Phi) is 8.30. The molecule has 3 aromatic carbocycles. The van der Waals surface area contributed by atoms with Gasteiger partial charge in [0.15, 0.2) is 0 Å². The molecule has 0 aliphatic heterocycles. The Bertz CT molecular complexity index is 1250. The maximum atomic E-state index is 13.7. The minimum atomic E-state index is -4.10. The van der Waals surface area contributed by atoms with Crippen LogP contribution in [0.3, 0.4) is 0 Å². The summed E-state index contributed by atoms with van der Waals surface area (Å²) in [7, 11) is 0.321. The van der Waals surface area contributed by atoms with Crippen LogP contribution in [0.2, 0.25) is 0 Å². The molecule has 0 unspecified atom stereocenters. The predicted octanol–water partition coefficient (Wildman–Crippen LogP) is 4.27. The molecular formula is C24H26N2O6S2. The van der Waals surface area contributed by atoms with Gasteiger partial charge in [0.1, 0.15) is 23.8 Å². The van der Waals surface area contributed by atoms with Gasteiger partial charge in [-0.2, -0.15) is 0 Å². The molecule has 0 fully saturated rings. The van der Waals surface area contributed by atoms with Crippen LogP contribution in [0.4, 0.5) is 11.4 Å². The summed E-state index contributed by atoms with van der Waals surface area (Å²) in [5.74, 6) is 0.674. The van der Waals surface area contributed by atoms with E-state index in [-0.39, 0.29) is 10.6 Å². The number of sulfonamides is 1. The van der Waals surface area contributed by atoms with Crippen molar-refractivity contribution in [2.45, 2.75) is 9.79 Å². The number of methoxy groups -OCH3 is 3. The van der Waals surface area contributed by atoms with Crippen molar-refractivity contribution in [3.05, 3.63) is 66.7 Å². The zero-order valence-electron chi connectivity index (χ0n) is 19.3. The average molecular weight is 503 g/mol. The van der Waals surface area contributed by atoms with Gasteiger partial charge in [-0.1, -0.05) is 12.1 Å². The fourth-order valence-electron chi connectivity index (χ4n) is 3.24. The Morgan fingerprint density at radius 1 is 0.912 bits per heavy atom. The highest BCUT2D eigenvalue weighted by atomic mass is 32.2. The molecule has 0 aliphatic rings. The van der Waals surface area contributed by atoms with Crippen LogP contribution in [-0.4, -0.2) is 48.5 Å². The lowest BCUT2D eigenvalue weighted by Crippen LogP contribution is -2.38. The maximum Gasteiger partial charge on any atom is 0.264 e. The van der Waals surface area contributed by atoms with E-state index >= 15 is 0 Å². The molecule has 0 heterocycles. The number of carbonyl (C=O) groups is 1. The highest BCUT2D eigenvalue weighted by molar-refractivity contribution is 7.98. The van der Waals surface area contributed by atoms with Crippen LogP contribution < -0.4 is 23.8 Å². The van der Waals surface area contributed by atoms with Gasteiger partial charge in [-0.3, -0.25) is 9.10 Å². The minimum absolute atomic E-state index is 0.0583. The number of ether oxygens (including phenoxy) is 3. The van der Waals surface area contributed by atoms with Crippen molar-refractivity contribution >= 4 is 39.1 Å². The fraction of sp³-hybridized carbons (Fsp3) is 0.208. The smallest absolute Gasteiger partial charge is 0.264 e. The highest BCUT2D eigenvalue weighted by Crippen LogP contribution is 2.33. The number of nitrogens with one attached hydrogen (secondary N) is 1. The summed E-state index contributed by atoms with van der Waals surface area (Å²) in [5.41, 5.74) is 0.597. The van der Waals surface area contributed by atoms with Gasteiger partial charge >= 0.3 is 0 Å². The van der Waals surface area contributed by atoms with Gasteiger partial charge in [-0.15, -0.1) is 11.8 Å². The number of anilines is 2. The molecule has 3 aromatic rings. The third kappa shape index (κ3) is 5.57. The van der Waals surface area contributed by atoms with E-state index < -0.39 is 22.5 Å². The average Bonchev–Trinajstić information content (AvgIpc) is 2.87. The highest BCUT2D eigenvalue weighted by Gasteiger charge is 2.29. The Labute approximate surface area is 203 Å². The Morgan fingerprint density at radius 2 is 1.59 bits per heavy atom. The van der Waals surface area contributed by atoms with Crippen LogP contribution in [-0.2, 0) is 14.8 Å². The zero-order valence-corrected chi connectivity index (χ0v) is 20.9. The molecule has 0 atom stereocenters. The second-order valence-electron chi connectivity index (χ2n) is 6.97. The summed E-state index contributed by atoms with van der Waals surface area (Å²) < 4.78 is 44.2. The lowest BCUT2D eigenvalue weighted by Gasteiger charge is -2.26. The number of hydrogen-bond donors (Lipinski definition) is 1. The second kappa shape index (κ2) is 11.2. The third-order valence-electron chi connectivity index (χ3n) is 4.97. The molecule has 0 saturated heterocycles. The second-order valence-corrected chi connectivity index (χ2v) is 9.72. The van der Waals surface area contributed by atoms with Gasteiger partial charge in [0, 0.05) is 11.0 Å². The summed E-state index contributed by atoms with van der Waals surface area (Å²) in [6.07, 6.45) is 1.90. The number of hydrogen-bond acceptors (Lipinski definition) is 7. The molecule has 1 amide bonds. The van der Waals surface area contributed by atoms with Crippen molar-refractivity contribution in [1.82, 2.24) is 0 Å². The Hall–Kier alpha value is -3.37. The summed E-state index contributed by atoms with van der Waals surface area (Å²) in [6, 6.07) is 18.1. The van der Waals surface area contributed by atoms with E-state index in [4.69, 9.17) is 14.2 Å². The first kappa shape index (κ1) is 25.3. The molecule has 0 saturated carbocycles. The van der Waals surface area contributed by atoms with E-state index in [0.717, 1.165) is 9.20 Å². The molecule has 0 aliphatic carbocycles. The van der Waals surface area contributed by atoms with Gasteiger partial charge in [-0.25, -0.2) is 8.42 Å². The number of amides is 1. The minimum Gasteiger partial charge on any atom is -0.497 e. The van der Waals surface area contributed by atoms with Crippen LogP contribution in [0.1, 0.15) is 0 Å². The summed E-state index contributed by atoms with van der Waals surface area (Å²) >= 11 is 1.50. The quantitative estimate of drug-likeness (QED) is 0.414. The van der Waals surface area contributed by atoms with E-state index in [2.05, 4.69) is 5.32 Å². The molecule has 180 valence electrons. The summed E-state index contributed by atoms with van der Waals surface area (Å²) in [4.78, 5) is 14.1. The molecule has 0 radical (unpaired) electrons.